The van der Waals surface area contributed by atoms with Gasteiger partial charge in [0.05, 0.1) is 0 Å². The van der Waals surface area contributed by atoms with Gasteiger partial charge in [-0.15, -0.1) is 0 Å². The van der Waals surface area contributed by atoms with Gasteiger partial charge in [-0.2, -0.15) is 26.3 Å². The van der Waals surface area contributed by atoms with Crippen LogP contribution in [0.5, 0.6) is 0 Å². The molecule has 122 valence electrons. The van der Waals surface area contributed by atoms with Gasteiger partial charge in [0.2, 0.25) is 0 Å². The molecule has 2 rings (SSSR count). The van der Waals surface area contributed by atoms with Crippen LogP contribution in [-0.4, -0.2) is 18.1 Å². The van der Waals surface area contributed by atoms with Crippen molar-refractivity contribution in [3.8, 4) is 0 Å². The van der Waals surface area contributed by atoms with Crippen LogP contribution in [0.1, 0.15) is 17.2 Å². The van der Waals surface area contributed by atoms with Crippen LogP contribution in [0.2, 0.25) is 0 Å². The first-order valence-corrected chi connectivity index (χ1v) is 6.51. The van der Waals surface area contributed by atoms with Crippen molar-refractivity contribution >= 4 is 5.71 Å². The molecule has 7 heteroatoms. The van der Waals surface area contributed by atoms with Crippen molar-refractivity contribution in [2.45, 2.75) is 18.4 Å². The van der Waals surface area contributed by atoms with Gasteiger partial charge in [-0.05, 0) is 5.56 Å². The van der Waals surface area contributed by atoms with Crippen LogP contribution in [0.25, 0.3) is 0 Å². The topological polar surface area (TPSA) is 12.4 Å². The van der Waals surface area contributed by atoms with E-state index < -0.39 is 29.7 Å². The van der Waals surface area contributed by atoms with Crippen molar-refractivity contribution in [2.24, 2.45) is 4.99 Å². The quantitative estimate of drug-likeness (QED) is 0.532. The highest BCUT2D eigenvalue weighted by Crippen LogP contribution is 2.38. The largest absolute Gasteiger partial charge is 0.433 e. The molecule has 23 heavy (non-hydrogen) atoms. The Morgan fingerprint density at radius 2 is 1.22 bits per heavy atom. The third-order valence-electron chi connectivity index (χ3n) is 3.00. The number of aliphatic imine (C=N–C) groups is 1. The zero-order valence-corrected chi connectivity index (χ0v) is 11.6. The number of nitrogens with zero attached hydrogens (tertiary/aromatic N) is 1. The molecule has 0 amide bonds. The lowest BCUT2D eigenvalue weighted by Gasteiger charge is -2.20. The molecule has 0 unspecified atom stereocenters. The van der Waals surface area contributed by atoms with E-state index in [1.54, 1.807) is 0 Å². The molecule has 0 fully saturated rings. The van der Waals surface area contributed by atoms with E-state index in [1.807, 2.05) is 0 Å². The third-order valence-corrected chi connectivity index (χ3v) is 3.00. The minimum Gasteiger partial charge on any atom is -0.262 e. The van der Waals surface area contributed by atoms with E-state index in [0.29, 0.717) is 0 Å². The monoisotopic (exact) mass is 331 g/mol. The van der Waals surface area contributed by atoms with E-state index >= 15 is 0 Å². The molecule has 0 aliphatic carbocycles. The molecule has 1 nitrogen and oxygen atoms in total. The van der Waals surface area contributed by atoms with Crippen LogP contribution in [0, 0.1) is 0 Å². The van der Waals surface area contributed by atoms with Crippen molar-refractivity contribution in [1.29, 1.82) is 0 Å². The van der Waals surface area contributed by atoms with Gasteiger partial charge in [-0.25, -0.2) is 0 Å². The van der Waals surface area contributed by atoms with E-state index in [1.165, 1.54) is 36.4 Å². The average Bonchev–Trinajstić information content (AvgIpc) is 2.47. The van der Waals surface area contributed by atoms with Crippen LogP contribution in [0.15, 0.2) is 65.7 Å². The molecule has 0 N–H and O–H groups in total. The number of hydrogen-bond acceptors (Lipinski definition) is 1. The molecular formula is C16H11F6N. The maximum absolute atomic E-state index is 13.2. The molecule has 2 aromatic carbocycles. The summed E-state index contributed by atoms with van der Waals surface area (Å²) in [5, 5.41) is 0. The first-order valence-electron chi connectivity index (χ1n) is 6.51. The molecule has 0 aromatic heterocycles. The summed E-state index contributed by atoms with van der Waals surface area (Å²) >= 11 is 0. The fourth-order valence-electron chi connectivity index (χ4n) is 2.01. The molecule has 0 aliphatic heterocycles. The van der Waals surface area contributed by atoms with Gasteiger partial charge in [0.15, 0.2) is 6.04 Å². The summed E-state index contributed by atoms with van der Waals surface area (Å²) in [6, 6.07) is 9.96. The van der Waals surface area contributed by atoms with Gasteiger partial charge < -0.3 is 0 Å². The molecule has 0 bridgehead atoms. The molecule has 0 heterocycles. The third kappa shape index (κ3) is 4.34. The Hall–Kier alpha value is -2.31. The first kappa shape index (κ1) is 17.1. The van der Waals surface area contributed by atoms with E-state index in [0.717, 1.165) is 24.3 Å². The summed E-state index contributed by atoms with van der Waals surface area (Å²) in [4.78, 5) is 3.03. The van der Waals surface area contributed by atoms with Crippen molar-refractivity contribution < 1.29 is 26.3 Å². The summed E-state index contributed by atoms with van der Waals surface area (Å²) in [5.41, 5.74) is -2.31. The van der Waals surface area contributed by atoms with E-state index in [4.69, 9.17) is 0 Å². The van der Waals surface area contributed by atoms with E-state index in [-0.39, 0.29) is 5.56 Å². The van der Waals surface area contributed by atoms with Crippen molar-refractivity contribution in [3.05, 3.63) is 71.8 Å². The molecule has 1 atom stereocenters. The zero-order valence-electron chi connectivity index (χ0n) is 11.6. The Morgan fingerprint density at radius 3 is 1.65 bits per heavy atom. The first-order chi connectivity index (χ1) is 10.7. The van der Waals surface area contributed by atoms with Crippen LogP contribution in [0.3, 0.4) is 0 Å². The fourth-order valence-corrected chi connectivity index (χ4v) is 2.01. The Labute approximate surface area is 128 Å². The summed E-state index contributed by atoms with van der Waals surface area (Å²) in [6.07, 6.45) is -9.94. The minimum atomic E-state index is -5.00. The number of halogens is 6. The summed E-state index contributed by atoms with van der Waals surface area (Å²) in [6.45, 7) is 0. The average molecular weight is 331 g/mol. The lowest BCUT2D eigenvalue weighted by Crippen LogP contribution is -2.28. The molecule has 0 spiro atoms. The highest BCUT2D eigenvalue weighted by atomic mass is 19.4. The lowest BCUT2D eigenvalue weighted by atomic mass is 10.1. The second-order valence-electron chi connectivity index (χ2n) is 4.70. The van der Waals surface area contributed by atoms with Crippen molar-refractivity contribution in [3.63, 3.8) is 0 Å². The van der Waals surface area contributed by atoms with Gasteiger partial charge in [-0.3, -0.25) is 4.99 Å². The SMILES string of the molecule is FC(F)(F)C(=N[C@H](c1ccccc1)C(F)(F)F)c1ccccc1. The summed E-state index contributed by atoms with van der Waals surface area (Å²) in [7, 11) is 0. The fraction of sp³-hybridized carbons (Fsp3) is 0.188. The van der Waals surface area contributed by atoms with E-state index in [9.17, 15) is 26.3 Å². The highest BCUT2D eigenvalue weighted by molar-refractivity contribution is 6.04. The van der Waals surface area contributed by atoms with Crippen LogP contribution < -0.4 is 0 Å². The van der Waals surface area contributed by atoms with Crippen LogP contribution >= 0.6 is 0 Å². The Morgan fingerprint density at radius 1 is 0.739 bits per heavy atom. The van der Waals surface area contributed by atoms with Crippen LogP contribution in [0.4, 0.5) is 26.3 Å². The second kappa shape index (κ2) is 6.44. The maximum Gasteiger partial charge on any atom is 0.433 e. The Balaban J connectivity index is 2.58. The normalized spacial score (nSPS) is 14.6. The molecule has 0 radical (unpaired) electrons. The molecule has 0 saturated heterocycles. The Kier molecular flexibility index (Phi) is 4.77. The Bertz CT molecular complexity index is 658. The molecule has 0 saturated carbocycles. The van der Waals surface area contributed by atoms with Crippen molar-refractivity contribution in [2.75, 3.05) is 0 Å². The zero-order chi connectivity index (χ0) is 17.1. The lowest BCUT2D eigenvalue weighted by molar-refractivity contribution is -0.149. The minimum absolute atomic E-state index is 0.349. The molecule has 2 aromatic rings. The maximum atomic E-state index is 13.2. The molecule has 0 aliphatic rings. The molecular weight excluding hydrogens is 320 g/mol. The smallest absolute Gasteiger partial charge is 0.262 e. The number of alkyl halides is 6. The standard InChI is InChI=1S/C16H11F6N/c17-15(18,19)13(11-7-3-1-4-8-11)23-14(16(20,21)22)12-9-5-2-6-10-12/h1-10,13H/t13-/m1/s1. The number of benzene rings is 2. The number of rotatable bonds is 3. The van der Waals surface area contributed by atoms with Crippen molar-refractivity contribution in [1.82, 2.24) is 0 Å². The van der Waals surface area contributed by atoms with Gasteiger partial charge in [0.1, 0.15) is 5.71 Å². The van der Waals surface area contributed by atoms with Gasteiger partial charge in [0.25, 0.3) is 0 Å². The summed E-state index contributed by atoms with van der Waals surface area (Å²) in [5.74, 6) is 0. The summed E-state index contributed by atoms with van der Waals surface area (Å²) < 4.78 is 79.1. The predicted octanol–water partition coefficient (Wildman–Crippen LogP) is 5.34. The van der Waals surface area contributed by atoms with Gasteiger partial charge >= 0.3 is 12.4 Å². The second-order valence-corrected chi connectivity index (χ2v) is 4.70. The predicted molar refractivity (Wildman–Crippen MR) is 74.3 cm³/mol. The number of hydrogen-bond donors (Lipinski definition) is 0. The highest BCUT2D eigenvalue weighted by Gasteiger charge is 2.44. The van der Waals surface area contributed by atoms with Crippen LogP contribution in [-0.2, 0) is 0 Å². The van der Waals surface area contributed by atoms with Gasteiger partial charge in [-0.1, -0.05) is 60.7 Å². The van der Waals surface area contributed by atoms with Gasteiger partial charge in [0, 0.05) is 5.56 Å². The van der Waals surface area contributed by atoms with E-state index in [2.05, 4.69) is 4.99 Å².